The molecule has 23 heavy (non-hydrogen) atoms. The molecule has 0 bridgehead atoms. The molecule has 5 nitrogen and oxygen atoms in total. The number of hydrogen-bond acceptors (Lipinski definition) is 5. The van der Waals surface area contributed by atoms with Crippen LogP contribution in [0.4, 0.5) is 18.9 Å². The van der Waals surface area contributed by atoms with E-state index in [0.29, 0.717) is 18.7 Å². The molecule has 0 fully saturated rings. The minimum absolute atomic E-state index is 0.0204. The summed E-state index contributed by atoms with van der Waals surface area (Å²) in [4.78, 5) is 0. The fourth-order valence-electron chi connectivity index (χ4n) is 2.22. The molecular weight excluding hydrogens is 309 g/mol. The Morgan fingerprint density at radius 3 is 2.57 bits per heavy atom. The smallest absolute Gasteiger partial charge is 0.418 e. The van der Waals surface area contributed by atoms with E-state index in [1.807, 2.05) is 0 Å². The zero-order valence-electron chi connectivity index (χ0n) is 12.6. The first-order valence-electron chi connectivity index (χ1n) is 7.44. The van der Waals surface area contributed by atoms with Crippen LogP contribution in [0.15, 0.2) is 29.0 Å². The number of aromatic nitrogens is 2. The van der Waals surface area contributed by atoms with Crippen LogP contribution in [0.5, 0.6) is 0 Å². The number of benzene rings is 1. The van der Waals surface area contributed by atoms with Crippen LogP contribution >= 0.6 is 0 Å². The molecule has 2 aromatic rings. The highest BCUT2D eigenvalue weighted by Gasteiger charge is 2.33. The Bertz CT molecular complexity index is 599. The third-order valence-electron chi connectivity index (χ3n) is 3.38. The summed E-state index contributed by atoms with van der Waals surface area (Å²) in [6, 6.07) is 3.73. The van der Waals surface area contributed by atoms with Crippen molar-refractivity contribution in [2.75, 3.05) is 18.4 Å². The molecule has 0 radical (unpaired) electrons. The van der Waals surface area contributed by atoms with Crippen molar-refractivity contribution in [1.29, 1.82) is 0 Å². The molecule has 1 aromatic heterocycles. The Morgan fingerprint density at radius 2 is 1.91 bits per heavy atom. The quantitative estimate of drug-likeness (QED) is 0.723. The summed E-state index contributed by atoms with van der Waals surface area (Å²) in [6.07, 6.45) is 0.330. The van der Waals surface area contributed by atoms with Crippen LogP contribution in [0.25, 0.3) is 11.5 Å². The maximum absolute atomic E-state index is 13.1. The highest BCUT2D eigenvalue weighted by Crippen LogP contribution is 2.36. The second kappa shape index (κ2) is 7.96. The minimum atomic E-state index is -4.42. The first-order chi connectivity index (χ1) is 11.0. The number of nitrogens with zero attached hydrogens (tertiary/aromatic N) is 2. The summed E-state index contributed by atoms with van der Waals surface area (Å²) in [6.45, 7) is 1.10. The lowest BCUT2D eigenvalue weighted by Gasteiger charge is -2.15. The van der Waals surface area contributed by atoms with Crippen LogP contribution in [0.1, 0.15) is 31.2 Å². The molecule has 3 N–H and O–H groups in total. The summed E-state index contributed by atoms with van der Waals surface area (Å²) in [5.41, 5.74) is 5.16. The zero-order valence-corrected chi connectivity index (χ0v) is 12.6. The van der Waals surface area contributed by atoms with Crippen molar-refractivity contribution in [2.45, 2.75) is 31.9 Å². The maximum atomic E-state index is 13.1. The topological polar surface area (TPSA) is 77.0 Å². The highest BCUT2D eigenvalue weighted by molar-refractivity contribution is 5.65. The van der Waals surface area contributed by atoms with E-state index in [1.165, 1.54) is 12.1 Å². The van der Waals surface area contributed by atoms with Crippen molar-refractivity contribution < 1.29 is 17.6 Å². The largest absolute Gasteiger partial charge is 0.423 e. The fourth-order valence-corrected chi connectivity index (χ4v) is 2.22. The predicted molar refractivity (Wildman–Crippen MR) is 80.7 cm³/mol. The molecule has 0 aliphatic rings. The van der Waals surface area contributed by atoms with Gasteiger partial charge < -0.3 is 15.5 Å². The minimum Gasteiger partial charge on any atom is -0.423 e. The predicted octanol–water partition coefficient (Wildman–Crippen LogP) is 3.69. The number of rotatable bonds is 8. The van der Waals surface area contributed by atoms with E-state index in [4.69, 9.17) is 10.2 Å². The highest BCUT2D eigenvalue weighted by atomic mass is 19.4. The summed E-state index contributed by atoms with van der Waals surface area (Å²) in [5, 5.41) is 10.1. The average Bonchev–Trinajstić information content (AvgIpc) is 3.04. The van der Waals surface area contributed by atoms with Crippen molar-refractivity contribution in [3.05, 3.63) is 30.2 Å². The standard InChI is InChI=1S/C15H19F3N4O/c16-15(17,18)12-6-5-11(14-22-21-10-23-14)9-13(12)20-8-4-2-1-3-7-19/h5-6,9-10,20H,1-4,7-8,19H2. The Balaban J connectivity index is 2.09. The molecule has 0 amide bonds. The van der Waals surface area contributed by atoms with Gasteiger partial charge in [0.2, 0.25) is 12.3 Å². The van der Waals surface area contributed by atoms with Gasteiger partial charge in [-0.2, -0.15) is 13.2 Å². The van der Waals surface area contributed by atoms with Crippen LogP contribution in [0.2, 0.25) is 0 Å². The average molecular weight is 328 g/mol. The molecule has 0 aliphatic heterocycles. The van der Waals surface area contributed by atoms with Gasteiger partial charge in [0.05, 0.1) is 5.56 Å². The number of hydrogen-bond donors (Lipinski definition) is 2. The van der Waals surface area contributed by atoms with E-state index < -0.39 is 11.7 Å². The lowest BCUT2D eigenvalue weighted by molar-refractivity contribution is -0.136. The number of unbranched alkanes of at least 4 members (excludes halogenated alkanes) is 3. The van der Waals surface area contributed by atoms with Gasteiger partial charge in [-0.25, -0.2) is 0 Å². The Morgan fingerprint density at radius 1 is 1.13 bits per heavy atom. The molecule has 0 aliphatic carbocycles. The van der Waals surface area contributed by atoms with E-state index in [-0.39, 0.29) is 11.6 Å². The van der Waals surface area contributed by atoms with Crippen LogP contribution < -0.4 is 11.1 Å². The first kappa shape index (κ1) is 17.3. The lowest BCUT2D eigenvalue weighted by atomic mass is 10.1. The molecule has 1 heterocycles. The van der Waals surface area contributed by atoms with E-state index in [9.17, 15) is 13.2 Å². The van der Waals surface area contributed by atoms with Gasteiger partial charge in [-0.3, -0.25) is 0 Å². The monoisotopic (exact) mass is 328 g/mol. The van der Waals surface area contributed by atoms with Gasteiger partial charge in [0, 0.05) is 17.8 Å². The maximum Gasteiger partial charge on any atom is 0.418 e. The summed E-state index contributed by atoms with van der Waals surface area (Å²) >= 11 is 0. The number of anilines is 1. The lowest BCUT2D eigenvalue weighted by Crippen LogP contribution is -2.12. The molecule has 2 rings (SSSR count). The molecule has 0 saturated heterocycles. The van der Waals surface area contributed by atoms with Gasteiger partial charge in [0.25, 0.3) is 0 Å². The molecule has 0 spiro atoms. The second-order valence-corrected chi connectivity index (χ2v) is 5.13. The third-order valence-corrected chi connectivity index (χ3v) is 3.38. The second-order valence-electron chi connectivity index (χ2n) is 5.13. The van der Waals surface area contributed by atoms with Crippen molar-refractivity contribution >= 4 is 5.69 Å². The fraction of sp³-hybridized carbons (Fsp3) is 0.467. The van der Waals surface area contributed by atoms with Crippen molar-refractivity contribution in [1.82, 2.24) is 10.2 Å². The van der Waals surface area contributed by atoms with Crippen LogP contribution in [-0.4, -0.2) is 23.3 Å². The Kier molecular flexibility index (Phi) is 5.97. The molecule has 0 atom stereocenters. The van der Waals surface area contributed by atoms with Crippen LogP contribution in [0.3, 0.4) is 0 Å². The van der Waals surface area contributed by atoms with Gasteiger partial charge in [-0.05, 0) is 37.6 Å². The van der Waals surface area contributed by atoms with E-state index in [0.717, 1.165) is 38.1 Å². The Labute approximate surface area is 132 Å². The molecular formula is C15H19F3N4O. The van der Waals surface area contributed by atoms with Gasteiger partial charge in [-0.1, -0.05) is 12.8 Å². The molecule has 126 valence electrons. The number of nitrogens with one attached hydrogen (secondary N) is 1. The van der Waals surface area contributed by atoms with Gasteiger partial charge in [-0.15, -0.1) is 10.2 Å². The first-order valence-corrected chi connectivity index (χ1v) is 7.44. The van der Waals surface area contributed by atoms with Crippen LogP contribution in [0, 0.1) is 0 Å². The summed E-state index contributed by atoms with van der Waals surface area (Å²) in [5.74, 6) is 0.185. The number of halogens is 3. The van der Waals surface area contributed by atoms with Crippen molar-refractivity contribution in [2.24, 2.45) is 5.73 Å². The van der Waals surface area contributed by atoms with E-state index in [1.54, 1.807) is 0 Å². The van der Waals surface area contributed by atoms with Gasteiger partial charge in [0.1, 0.15) is 0 Å². The molecule has 0 unspecified atom stereocenters. The van der Waals surface area contributed by atoms with Crippen LogP contribution in [-0.2, 0) is 6.18 Å². The van der Waals surface area contributed by atoms with E-state index in [2.05, 4.69) is 15.5 Å². The summed E-state index contributed by atoms with van der Waals surface area (Å²) < 4.78 is 44.3. The normalized spacial score (nSPS) is 11.7. The number of alkyl halides is 3. The molecule has 0 saturated carbocycles. The van der Waals surface area contributed by atoms with Crippen molar-refractivity contribution in [3.63, 3.8) is 0 Å². The SMILES string of the molecule is NCCCCCCNc1cc(-c2nnco2)ccc1C(F)(F)F. The Hall–Kier alpha value is -2.09. The summed E-state index contributed by atoms with van der Waals surface area (Å²) in [7, 11) is 0. The van der Waals surface area contributed by atoms with E-state index >= 15 is 0 Å². The zero-order chi connectivity index (χ0) is 16.7. The van der Waals surface area contributed by atoms with Crippen molar-refractivity contribution in [3.8, 4) is 11.5 Å². The number of nitrogens with two attached hydrogens (primary N) is 1. The molecule has 8 heteroatoms. The third kappa shape index (κ3) is 4.95. The molecule has 1 aromatic carbocycles. The van der Waals surface area contributed by atoms with Gasteiger partial charge >= 0.3 is 6.18 Å². The van der Waals surface area contributed by atoms with Gasteiger partial charge in [0.15, 0.2) is 0 Å².